The average molecular weight is 291 g/mol. The molecule has 1 rings (SSSR count). The van der Waals surface area contributed by atoms with E-state index < -0.39 is 17.6 Å². The fraction of sp³-hybridized carbons (Fsp3) is 0.429. The van der Waals surface area contributed by atoms with Gasteiger partial charge in [-0.3, -0.25) is 0 Å². The first kappa shape index (κ1) is 16.7. The standard InChI is InChI=1S/C14H17F4NO/c1-2-3-7-20-8-6-19-10-11-4-5-13(15)12(9-11)14(16,17)18/h2,4-5,9,19H,1,3,6-8,10H2. The van der Waals surface area contributed by atoms with Crippen LogP contribution in [0.3, 0.4) is 0 Å². The van der Waals surface area contributed by atoms with Crippen molar-refractivity contribution >= 4 is 0 Å². The molecule has 0 bridgehead atoms. The predicted molar refractivity (Wildman–Crippen MR) is 68.7 cm³/mol. The van der Waals surface area contributed by atoms with Crippen LogP contribution in [0.1, 0.15) is 17.5 Å². The summed E-state index contributed by atoms with van der Waals surface area (Å²) in [5, 5.41) is 2.94. The zero-order valence-corrected chi connectivity index (χ0v) is 11.0. The summed E-state index contributed by atoms with van der Waals surface area (Å²) in [4.78, 5) is 0. The number of ether oxygens (including phenoxy) is 1. The van der Waals surface area contributed by atoms with E-state index in [9.17, 15) is 17.6 Å². The largest absolute Gasteiger partial charge is 0.419 e. The van der Waals surface area contributed by atoms with E-state index in [0.717, 1.165) is 18.6 Å². The van der Waals surface area contributed by atoms with Gasteiger partial charge in [0.2, 0.25) is 0 Å². The van der Waals surface area contributed by atoms with Crippen molar-refractivity contribution in [3.05, 3.63) is 47.8 Å². The molecule has 1 N–H and O–H groups in total. The van der Waals surface area contributed by atoms with Crippen molar-refractivity contribution in [2.45, 2.75) is 19.1 Å². The molecule has 0 aliphatic carbocycles. The Balaban J connectivity index is 2.39. The number of halogens is 4. The van der Waals surface area contributed by atoms with E-state index in [1.165, 1.54) is 6.07 Å². The SMILES string of the molecule is C=CCCOCCNCc1ccc(F)c(C(F)(F)F)c1. The normalized spacial score (nSPS) is 11.6. The lowest BCUT2D eigenvalue weighted by atomic mass is 10.1. The molecule has 1 aromatic carbocycles. The van der Waals surface area contributed by atoms with Gasteiger partial charge in [0, 0.05) is 13.1 Å². The van der Waals surface area contributed by atoms with Crippen molar-refractivity contribution in [1.82, 2.24) is 5.32 Å². The number of nitrogens with one attached hydrogen (secondary N) is 1. The van der Waals surface area contributed by atoms with Gasteiger partial charge in [-0.05, 0) is 24.1 Å². The second kappa shape index (κ2) is 8.01. The Bertz CT molecular complexity index is 432. The Hall–Kier alpha value is -1.40. The molecule has 0 heterocycles. The molecular formula is C14H17F4NO. The van der Waals surface area contributed by atoms with Crippen molar-refractivity contribution in [2.75, 3.05) is 19.8 Å². The highest BCUT2D eigenvalue weighted by molar-refractivity contribution is 5.27. The Morgan fingerprint density at radius 2 is 2.00 bits per heavy atom. The third-order valence-corrected chi connectivity index (χ3v) is 2.55. The van der Waals surface area contributed by atoms with E-state index in [-0.39, 0.29) is 6.54 Å². The van der Waals surface area contributed by atoms with Gasteiger partial charge in [-0.1, -0.05) is 12.1 Å². The van der Waals surface area contributed by atoms with Crippen molar-refractivity contribution in [1.29, 1.82) is 0 Å². The third-order valence-electron chi connectivity index (χ3n) is 2.55. The summed E-state index contributed by atoms with van der Waals surface area (Å²) >= 11 is 0. The van der Waals surface area contributed by atoms with Gasteiger partial charge >= 0.3 is 6.18 Å². The minimum absolute atomic E-state index is 0.230. The van der Waals surface area contributed by atoms with Crippen LogP contribution in [0, 0.1) is 5.82 Å². The van der Waals surface area contributed by atoms with Crippen LogP contribution in [0.5, 0.6) is 0 Å². The van der Waals surface area contributed by atoms with E-state index in [1.54, 1.807) is 6.08 Å². The highest BCUT2D eigenvalue weighted by Gasteiger charge is 2.34. The van der Waals surface area contributed by atoms with Crippen LogP contribution in [0.15, 0.2) is 30.9 Å². The van der Waals surface area contributed by atoms with Gasteiger partial charge in [0.15, 0.2) is 0 Å². The van der Waals surface area contributed by atoms with Crippen molar-refractivity contribution < 1.29 is 22.3 Å². The molecule has 112 valence electrons. The van der Waals surface area contributed by atoms with Crippen LogP contribution in [0.2, 0.25) is 0 Å². The molecule has 0 aliphatic rings. The zero-order valence-electron chi connectivity index (χ0n) is 11.0. The fourth-order valence-corrected chi connectivity index (χ4v) is 1.55. The number of alkyl halides is 3. The minimum Gasteiger partial charge on any atom is -0.380 e. The molecule has 0 radical (unpaired) electrons. The van der Waals surface area contributed by atoms with Crippen molar-refractivity contribution in [3.8, 4) is 0 Å². The van der Waals surface area contributed by atoms with Crippen molar-refractivity contribution in [2.24, 2.45) is 0 Å². The highest BCUT2D eigenvalue weighted by Crippen LogP contribution is 2.31. The van der Waals surface area contributed by atoms with E-state index in [4.69, 9.17) is 4.74 Å². The Morgan fingerprint density at radius 1 is 1.25 bits per heavy atom. The fourth-order valence-electron chi connectivity index (χ4n) is 1.55. The maximum Gasteiger partial charge on any atom is 0.419 e. The van der Waals surface area contributed by atoms with Crippen LogP contribution in [-0.2, 0) is 17.5 Å². The molecule has 0 saturated heterocycles. The lowest BCUT2D eigenvalue weighted by Crippen LogP contribution is -2.20. The molecule has 0 saturated carbocycles. The topological polar surface area (TPSA) is 21.3 Å². The summed E-state index contributed by atoms with van der Waals surface area (Å²) < 4.78 is 55.8. The molecule has 0 aromatic heterocycles. The minimum atomic E-state index is -4.67. The molecule has 1 aromatic rings. The van der Waals surface area contributed by atoms with Crippen LogP contribution in [0.4, 0.5) is 17.6 Å². The molecule has 20 heavy (non-hydrogen) atoms. The van der Waals surface area contributed by atoms with Crippen molar-refractivity contribution in [3.63, 3.8) is 0 Å². The first-order valence-corrected chi connectivity index (χ1v) is 6.20. The quantitative estimate of drug-likeness (QED) is 0.449. The second-order valence-corrected chi connectivity index (χ2v) is 4.18. The lowest BCUT2D eigenvalue weighted by molar-refractivity contribution is -0.140. The van der Waals surface area contributed by atoms with E-state index in [1.807, 2.05) is 0 Å². The Kier molecular flexibility index (Phi) is 6.67. The van der Waals surface area contributed by atoms with Crippen LogP contribution >= 0.6 is 0 Å². The highest BCUT2D eigenvalue weighted by atomic mass is 19.4. The second-order valence-electron chi connectivity index (χ2n) is 4.18. The van der Waals surface area contributed by atoms with Crippen LogP contribution in [0.25, 0.3) is 0 Å². The first-order valence-electron chi connectivity index (χ1n) is 6.20. The maximum absolute atomic E-state index is 13.1. The van der Waals surface area contributed by atoms with Gasteiger partial charge in [-0.15, -0.1) is 6.58 Å². The smallest absolute Gasteiger partial charge is 0.380 e. The summed E-state index contributed by atoms with van der Waals surface area (Å²) in [5.74, 6) is -1.26. The lowest BCUT2D eigenvalue weighted by Gasteiger charge is -2.11. The molecule has 0 spiro atoms. The number of rotatable bonds is 8. The Morgan fingerprint density at radius 3 is 2.65 bits per heavy atom. The molecule has 0 aliphatic heterocycles. The average Bonchev–Trinajstić information content (AvgIpc) is 2.38. The molecule has 0 atom stereocenters. The van der Waals surface area contributed by atoms with Crippen LogP contribution in [-0.4, -0.2) is 19.8 Å². The predicted octanol–water partition coefficient (Wildman–Crippen LogP) is 3.53. The Labute approximate surface area is 115 Å². The first-order chi connectivity index (χ1) is 9.45. The van der Waals surface area contributed by atoms with Gasteiger partial charge in [-0.25, -0.2) is 4.39 Å². The zero-order chi connectivity index (χ0) is 15.0. The number of hydrogen-bond donors (Lipinski definition) is 1. The summed E-state index contributed by atoms with van der Waals surface area (Å²) in [6.07, 6.45) is -2.18. The van der Waals surface area contributed by atoms with Gasteiger partial charge in [0.1, 0.15) is 5.82 Å². The molecule has 6 heteroatoms. The summed E-state index contributed by atoms with van der Waals surface area (Å²) in [6.45, 7) is 5.32. The summed E-state index contributed by atoms with van der Waals surface area (Å²) in [5.41, 5.74) is -0.858. The van der Waals surface area contributed by atoms with Gasteiger partial charge in [0.25, 0.3) is 0 Å². The molecule has 0 fully saturated rings. The maximum atomic E-state index is 13.1. The van der Waals surface area contributed by atoms with E-state index >= 15 is 0 Å². The summed E-state index contributed by atoms with van der Waals surface area (Å²) in [7, 11) is 0. The molecule has 0 amide bonds. The van der Waals surface area contributed by atoms with Gasteiger partial charge in [-0.2, -0.15) is 13.2 Å². The molecule has 2 nitrogen and oxygen atoms in total. The van der Waals surface area contributed by atoms with Gasteiger partial charge in [0.05, 0.1) is 18.8 Å². The number of benzene rings is 1. The van der Waals surface area contributed by atoms with Gasteiger partial charge < -0.3 is 10.1 Å². The van der Waals surface area contributed by atoms with E-state index in [0.29, 0.717) is 25.3 Å². The summed E-state index contributed by atoms with van der Waals surface area (Å²) in [6, 6.07) is 2.98. The third kappa shape index (κ3) is 5.71. The number of hydrogen-bond acceptors (Lipinski definition) is 2. The van der Waals surface area contributed by atoms with E-state index in [2.05, 4.69) is 11.9 Å². The molecule has 0 unspecified atom stereocenters. The molecular weight excluding hydrogens is 274 g/mol. The monoisotopic (exact) mass is 291 g/mol. The van der Waals surface area contributed by atoms with Crippen LogP contribution < -0.4 is 5.32 Å².